The molecule has 0 aliphatic rings. The van der Waals surface area contributed by atoms with E-state index < -0.39 is 18.2 Å². The number of benzene rings is 1. The van der Waals surface area contributed by atoms with Crippen molar-refractivity contribution < 1.29 is 14.6 Å². The molecule has 3 N–H and O–H groups in total. The van der Waals surface area contributed by atoms with Gasteiger partial charge in [0.1, 0.15) is 11.4 Å². The molecule has 2 atom stereocenters. The van der Waals surface area contributed by atoms with E-state index in [0.29, 0.717) is 27.6 Å². The van der Waals surface area contributed by atoms with Crippen molar-refractivity contribution in [1.29, 1.82) is 0 Å². The molecule has 0 aliphatic heterocycles. The molecule has 4 aromatic rings. The molecule has 0 bridgehead atoms. The molecule has 0 radical (unpaired) electrons. The van der Waals surface area contributed by atoms with E-state index in [1.165, 1.54) is 6.20 Å². The van der Waals surface area contributed by atoms with Crippen LogP contribution in [0.2, 0.25) is 5.02 Å². The lowest BCUT2D eigenvalue weighted by Crippen LogP contribution is -2.41. The molecular weight excluding hydrogens is 396 g/mol. The second-order valence-electron chi connectivity index (χ2n) is 6.80. The number of aliphatic hydroxyl groups excluding tert-OH is 1. The topological polar surface area (TPSA) is 118 Å². The zero-order valence-electron chi connectivity index (χ0n) is 16.0. The van der Waals surface area contributed by atoms with Gasteiger partial charge < -0.3 is 20.1 Å². The maximum absolute atomic E-state index is 12.1. The number of nitrogens with zero attached hydrogens (tertiary/aromatic N) is 4. The third-order valence-electron chi connectivity index (χ3n) is 4.67. The third-order valence-corrected chi connectivity index (χ3v) is 4.91. The van der Waals surface area contributed by atoms with E-state index in [4.69, 9.17) is 16.3 Å². The number of nitrogens with one attached hydrogen (secondary N) is 2. The summed E-state index contributed by atoms with van der Waals surface area (Å²) in [7, 11) is 1.83. The minimum atomic E-state index is -0.706. The molecule has 29 heavy (non-hydrogen) atoms. The average Bonchev–Trinajstić information content (AvgIpc) is 3.22. The molecule has 150 valence electrons. The number of aromatic amines is 1. The van der Waals surface area contributed by atoms with E-state index in [0.717, 1.165) is 10.9 Å². The van der Waals surface area contributed by atoms with E-state index in [1.807, 2.05) is 19.2 Å². The van der Waals surface area contributed by atoms with Crippen LogP contribution >= 0.6 is 11.6 Å². The highest BCUT2D eigenvalue weighted by molar-refractivity contribution is 6.31. The Morgan fingerprint density at radius 1 is 1.38 bits per heavy atom. The Hall–Kier alpha value is -3.17. The SMILES string of the molecule is CC(O)C(C)NC(=O)Oc1c[nH]c2ncc(-c3nn(C)c4cc(Cl)ccc34)nc12. The van der Waals surface area contributed by atoms with Crippen LogP contribution in [0.3, 0.4) is 0 Å². The number of carbonyl (C=O) groups is 1. The Morgan fingerprint density at radius 3 is 2.93 bits per heavy atom. The molecule has 0 aliphatic carbocycles. The molecule has 0 fully saturated rings. The Kier molecular flexibility index (Phi) is 4.85. The van der Waals surface area contributed by atoms with Gasteiger partial charge in [0.25, 0.3) is 0 Å². The highest BCUT2D eigenvalue weighted by Gasteiger charge is 2.18. The quantitative estimate of drug-likeness (QED) is 0.472. The van der Waals surface area contributed by atoms with E-state index in [2.05, 4.69) is 25.4 Å². The van der Waals surface area contributed by atoms with Gasteiger partial charge in [0.15, 0.2) is 16.9 Å². The van der Waals surface area contributed by atoms with Crippen LogP contribution in [0.15, 0.2) is 30.6 Å². The van der Waals surface area contributed by atoms with Crippen LogP contribution in [0.5, 0.6) is 5.75 Å². The molecule has 10 heteroatoms. The van der Waals surface area contributed by atoms with Crippen molar-refractivity contribution in [2.45, 2.75) is 26.0 Å². The minimum Gasteiger partial charge on any atom is -0.406 e. The predicted molar refractivity (Wildman–Crippen MR) is 109 cm³/mol. The summed E-state index contributed by atoms with van der Waals surface area (Å²) in [6, 6.07) is 5.05. The first-order valence-corrected chi connectivity index (χ1v) is 9.34. The number of aromatic nitrogens is 5. The summed E-state index contributed by atoms with van der Waals surface area (Å²) in [6.07, 6.45) is 1.72. The molecule has 3 aromatic heterocycles. The standard InChI is InChI=1S/C19H19ClN6O3/c1-9(10(2)27)23-19(28)29-15-8-22-18-17(15)24-13(7-21-18)16-12-5-4-11(20)6-14(12)26(3)25-16/h4-10,27H,1-3H3,(H,21,22)(H,23,28). The number of carbonyl (C=O) groups excluding carboxylic acids is 1. The highest BCUT2D eigenvalue weighted by Crippen LogP contribution is 2.30. The summed E-state index contributed by atoms with van der Waals surface area (Å²) < 4.78 is 7.07. The number of hydrogen-bond donors (Lipinski definition) is 3. The van der Waals surface area contributed by atoms with Crippen molar-refractivity contribution in [3.8, 4) is 17.1 Å². The number of amides is 1. The van der Waals surface area contributed by atoms with Crippen LogP contribution in [0, 0.1) is 0 Å². The summed E-state index contributed by atoms with van der Waals surface area (Å²) in [4.78, 5) is 24.0. The van der Waals surface area contributed by atoms with Crippen LogP contribution in [-0.2, 0) is 7.05 Å². The molecule has 0 saturated carbocycles. The van der Waals surface area contributed by atoms with Gasteiger partial charge in [-0.1, -0.05) is 11.6 Å². The van der Waals surface area contributed by atoms with Crippen molar-refractivity contribution in [2.75, 3.05) is 0 Å². The van der Waals surface area contributed by atoms with Crippen molar-refractivity contribution in [3.63, 3.8) is 0 Å². The lowest BCUT2D eigenvalue weighted by molar-refractivity contribution is 0.142. The number of ether oxygens (including phenoxy) is 1. The Labute approximate surface area is 170 Å². The lowest BCUT2D eigenvalue weighted by Gasteiger charge is -2.15. The summed E-state index contributed by atoms with van der Waals surface area (Å²) in [5.74, 6) is 0.230. The monoisotopic (exact) mass is 414 g/mol. The molecule has 9 nitrogen and oxygen atoms in total. The molecule has 2 unspecified atom stereocenters. The van der Waals surface area contributed by atoms with Gasteiger partial charge in [0, 0.05) is 23.7 Å². The Balaban J connectivity index is 1.70. The maximum Gasteiger partial charge on any atom is 0.413 e. The first-order valence-electron chi connectivity index (χ1n) is 8.96. The average molecular weight is 415 g/mol. The smallest absolute Gasteiger partial charge is 0.406 e. The molecule has 0 spiro atoms. The Morgan fingerprint density at radius 2 is 2.17 bits per heavy atom. The highest BCUT2D eigenvalue weighted by atomic mass is 35.5. The van der Waals surface area contributed by atoms with E-state index in [1.54, 1.807) is 30.8 Å². The predicted octanol–water partition coefficient (Wildman–Crippen LogP) is 3.02. The van der Waals surface area contributed by atoms with Crippen molar-refractivity contribution in [3.05, 3.63) is 35.6 Å². The molecular formula is C19H19ClN6O3. The fourth-order valence-electron chi connectivity index (χ4n) is 2.92. The number of rotatable bonds is 4. The Bertz CT molecular complexity index is 1220. The first-order chi connectivity index (χ1) is 13.8. The second kappa shape index (κ2) is 7.34. The normalized spacial score (nSPS) is 13.6. The number of aryl methyl sites for hydroxylation is 1. The van der Waals surface area contributed by atoms with Gasteiger partial charge in [-0.25, -0.2) is 14.8 Å². The van der Waals surface area contributed by atoms with Gasteiger partial charge in [0.2, 0.25) is 0 Å². The van der Waals surface area contributed by atoms with Crippen molar-refractivity contribution in [1.82, 2.24) is 30.0 Å². The van der Waals surface area contributed by atoms with Crippen LogP contribution < -0.4 is 10.1 Å². The fraction of sp³-hybridized carbons (Fsp3) is 0.263. The van der Waals surface area contributed by atoms with Gasteiger partial charge in [0.05, 0.1) is 23.9 Å². The van der Waals surface area contributed by atoms with Gasteiger partial charge in [-0.05, 0) is 32.0 Å². The van der Waals surface area contributed by atoms with Crippen molar-refractivity contribution >= 4 is 39.8 Å². The maximum atomic E-state index is 12.1. The van der Waals surface area contributed by atoms with E-state index in [-0.39, 0.29) is 5.75 Å². The van der Waals surface area contributed by atoms with Gasteiger partial charge >= 0.3 is 6.09 Å². The van der Waals surface area contributed by atoms with Gasteiger partial charge in [-0.3, -0.25) is 4.68 Å². The van der Waals surface area contributed by atoms with Crippen molar-refractivity contribution in [2.24, 2.45) is 7.05 Å². The second-order valence-corrected chi connectivity index (χ2v) is 7.24. The molecule has 3 heterocycles. The fourth-order valence-corrected chi connectivity index (χ4v) is 3.08. The molecule has 1 aromatic carbocycles. The molecule has 0 saturated heterocycles. The van der Waals surface area contributed by atoms with Gasteiger partial charge in [-0.15, -0.1) is 0 Å². The molecule has 4 rings (SSSR count). The largest absolute Gasteiger partial charge is 0.413 e. The van der Waals surface area contributed by atoms with Gasteiger partial charge in [-0.2, -0.15) is 5.10 Å². The third kappa shape index (κ3) is 3.62. The number of halogens is 1. The summed E-state index contributed by atoms with van der Waals surface area (Å²) in [5.41, 5.74) is 2.92. The van der Waals surface area contributed by atoms with Crippen LogP contribution in [0.25, 0.3) is 33.5 Å². The number of fused-ring (bicyclic) bond motifs is 2. The van der Waals surface area contributed by atoms with Crippen LogP contribution in [-0.4, -0.2) is 48.1 Å². The molecule has 1 amide bonds. The summed E-state index contributed by atoms with van der Waals surface area (Å²) in [6.45, 7) is 3.26. The summed E-state index contributed by atoms with van der Waals surface area (Å²) >= 11 is 6.09. The van der Waals surface area contributed by atoms with Crippen LogP contribution in [0.4, 0.5) is 4.79 Å². The summed E-state index contributed by atoms with van der Waals surface area (Å²) in [5, 5.41) is 18.1. The van der Waals surface area contributed by atoms with E-state index >= 15 is 0 Å². The van der Waals surface area contributed by atoms with Crippen LogP contribution in [0.1, 0.15) is 13.8 Å². The number of H-pyrrole nitrogens is 1. The van der Waals surface area contributed by atoms with E-state index in [9.17, 15) is 9.90 Å². The number of hydrogen-bond acceptors (Lipinski definition) is 6. The zero-order valence-corrected chi connectivity index (χ0v) is 16.7. The minimum absolute atomic E-state index is 0.230. The first kappa shape index (κ1) is 19.2. The number of aliphatic hydroxyl groups is 1. The lowest BCUT2D eigenvalue weighted by atomic mass is 10.2. The zero-order chi connectivity index (χ0) is 20.7.